The SMILES string of the molecule is CCn1cc(C(O)c2cc(Cl)nn2-c2ccc(F)cc2C(C)Oc2cc(Br)cnc2[N+](=O)[O-])cn1. The third-order valence-corrected chi connectivity index (χ3v) is 5.83. The maximum Gasteiger partial charge on any atom is 0.406 e. The predicted molar refractivity (Wildman–Crippen MR) is 128 cm³/mol. The summed E-state index contributed by atoms with van der Waals surface area (Å²) in [5.41, 5.74) is 1.53. The molecule has 1 N–H and O–H groups in total. The minimum Gasteiger partial charge on any atom is -0.478 e. The van der Waals surface area contributed by atoms with Gasteiger partial charge in [-0.05, 0) is 57.9 Å². The summed E-state index contributed by atoms with van der Waals surface area (Å²) in [5, 5.41) is 31.0. The average Bonchev–Trinajstić information content (AvgIpc) is 3.45. The number of hydrogen-bond donors (Lipinski definition) is 1. The van der Waals surface area contributed by atoms with E-state index in [4.69, 9.17) is 16.3 Å². The van der Waals surface area contributed by atoms with Crippen LogP contribution in [0.4, 0.5) is 10.2 Å². The molecule has 35 heavy (non-hydrogen) atoms. The van der Waals surface area contributed by atoms with Gasteiger partial charge in [-0.3, -0.25) is 4.68 Å². The number of aryl methyl sites for hydroxylation is 1. The highest BCUT2D eigenvalue weighted by molar-refractivity contribution is 9.10. The van der Waals surface area contributed by atoms with Crippen molar-refractivity contribution in [1.82, 2.24) is 24.5 Å². The zero-order valence-electron chi connectivity index (χ0n) is 18.5. The lowest BCUT2D eigenvalue weighted by Gasteiger charge is -2.20. The minimum absolute atomic E-state index is 0.0992. The number of halogens is 3. The highest BCUT2D eigenvalue weighted by Crippen LogP contribution is 2.35. The van der Waals surface area contributed by atoms with Crippen molar-refractivity contribution in [3.63, 3.8) is 0 Å². The summed E-state index contributed by atoms with van der Waals surface area (Å²) in [6.45, 7) is 4.15. The van der Waals surface area contributed by atoms with E-state index in [1.807, 2.05) is 6.92 Å². The Labute approximate surface area is 212 Å². The second-order valence-electron chi connectivity index (χ2n) is 7.53. The fraction of sp³-hybridized carbons (Fsp3) is 0.227. The summed E-state index contributed by atoms with van der Waals surface area (Å²) >= 11 is 9.41. The molecule has 0 aliphatic rings. The zero-order valence-corrected chi connectivity index (χ0v) is 20.8. The van der Waals surface area contributed by atoms with Crippen molar-refractivity contribution in [2.24, 2.45) is 0 Å². The summed E-state index contributed by atoms with van der Waals surface area (Å²) < 4.78 is 23.7. The Morgan fingerprint density at radius 3 is 2.77 bits per heavy atom. The molecule has 2 atom stereocenters. The molecule has 0 fully saturated rings. The van der Waals surface area contributed by atoms with Crippen molar-refractivity contribution in [3.05, 3.63) is 91.3 Å². The van der Waals surface area contributed by atoms with Crippen LogP contribution in [0.5, 0.6) is 5.75 Å². The Hall–Kier alpha value is -3.35. The number of aromatic nitrogens is 5. The van der Waals surface area contributed by atoms with Gasteiger partial charge in [0.25, 0.3) is 0 Å². The molecule has 0 aliphatic carbocycles. The lowest BCUT2D eigenvalue weighted by Crippen LogP contribution is -2.14. The minimum atomic E-state index is -1.13. The largest absolute Gasteiger partial charge is 0.478 e. The fourth-order valence-corrected chi connectivity index (χ4v) is 4.05. The standard InChI is InChI=1S/C22H19BrClFN6O4/c1-3-29-11-13(9-27-29)21(32)18-8-20(24)28-30(18)17-5-4-15(25)7-16(17)12(2)35-19-6-14(23)10-26-22(19)31(33)34/h4-12,21,32H,3H2,1-2H3. The molecule has 0 radical (unpaired) electrons. The molecule has 3 aromatic heterocycles. The summed E-state index contributed by atoms with van der Waals surface area (Å²) in [6.07, 6.45) is 2.53. The van der Waals surface area contributed by atoms with Crippen LogP contribution in [0.25, 0.3) is 5.69 Å². The van der Waals surface area contributed by atoms with Crippen LogP contribution in [0.2, 0.25) is 5.15 Å². The van der Waals surface area contributed by atoms with Crippen molar-refractivity contribution in [1.29, 1.82) is 0 Å². The molecule has 0 spiro atoms. The first kappa shape index (κ1) is 24.8. The van der Waals surface area contributed by atoms with E-state index in [9.17, 15) is 19.6 Å². The van der Waals surface area contributed by atoms with E-state index in [0.717, 1.165) is 0 Å². The van der Waals surface area contributed by atoms with Gasteiger partial charge < -0.3 is 20.0 Å². The van der Waals surface area contributed by atoms with Gasteiger partial charge in [-0.1, -0.05) is 11.6 Å². The fourth-order valence-electron chi connectivity index (χ4n) is 3.55. The normalized spacial score (nSPS) is 13.0. The summed E-state index contributed by atoms with van der Waals surface area (Å²) in [5.74, 6) is -1.13. The summed E-state index contributed by atoms with van der Waals surface area (Å²) in [6, 6.07) is 6.84. The second kappa shape index (κ2) is 10.1. The maximum atomic E-state index is 14.3. The molecule has 0 saturated heterocycles. The lowest BCUT2D eigenvalue weighted by molar-refractivity contribution is -0.390. The Kier molecular flexibility index (Phi) is 7.15. The van der Waals surface area contributed by atoms with Gasteiger partial charge in [0.1, 0.15) is 18.0 Å². The van der Waals surface area contributed by atoms with Crippen molar-refractivity contribution in [2.45, 2.75) is 32.6 Å². The number of rotatable bonds is 8. The first-order valence-electron chi connectivity index (χ1n) is 10.4. The predicted octanol–water partition coefficient (Wildman–Crippen LogP) is 5.17. The molecule has 3 heterocycles. The van der Waals surface area contributed by atoms with E-state index in [-0.39, 0.29) is 10.9 Å². The first-order valence-corrected chi connectivity index (χ1v) is 11.6. The van der Waals surface area contributed by atoms with E-state index < -0.39 is 28.8 Å². The molecule has 1 aromatic carbocycles. The Bertz CT molecular complexity index is 1390. The van der Waals surface area contributed by atoms with Gasteiger partial charge in [-0.25, -0.2) is 9.07 Å². The molecule has 13 heteroatoms. The maximum absolute atomic E-state index is 14.3. The van der Waals surface area contributed by atoms with Crippen LogP contribution in [0.1, 0.15) is 42.9 Å². The number of hydrogen-bond acceptors (Lipinski definition) is 7. The van der Waals surface area contributed by atoms with Gasteiger partial charge in [-0.15, -0.1) is 0 Å². The number of nitrogens with zero attached hydrogens (tertiary/aromatic N) is 6. The van der Waals surface area contributed by atoms with Crippen molar-refractivity contribution in [3.8, 4) is 11.4 Å². The summed E-state index contributed by atoms with van der Waals surface area (Å²) in [7, 11) is 0. The molecule has 0 amide bonds. The van der Waals surface area contributed by atoms with Gasteiger partial charge >= 0.3 is 5.82 Å². The third-order valence-electron chi connectivity index (χ3n) is 5.21. The average molecular weight is 566 g/mol. The van der Waals surface area contributed by atoms with Gasteiger partial charge in [0.15, 0.2) is 11.3 Å². The molecule has 182 valence electrons. The van der Waals surface area contributed by atoms with Crippen LogP contribution in [0.15, 0.2) is 53.4 Å². The molecule has 0 aliphatic heterocycles. The molecule has 4 aromatic rings. The molecule has 4 rings (SSSR count). The van der Waals surface area contributed by atoms with Gasteiger partial charge in [-0.2, -0.15) is 10.2 Å². The number of benzene rings is 1. The first-order chi connectivity index (χ1) is 16.7. The van der Waals surface area contributed by atoms with Gasteiger partial charge in [0.05, 0.1) is 22.1 Å². The van der Waals surface area contributed by atoms with E-state index in [2.05, 4.69) is 31.1 Å². The molecule has 10 nitrogen and oxygen atoms in total. The van der Waals surface area contributed by atoms with E-state index in [0.29, 0.717) is 33.5 Å². The number of aliphatic hydroxyl groups excluding tert-OH is 1. The van der Waals surface area contributed by atoms with Crippen LogP contribution >= 0.6 is 27.5 Å². The van der Waals surface area contributed by atoms with Crippen LogP contribution in [0.3, 0.4) is 0 Å². The van der Waals surface area contributed by atoms with Crippen molar-refractivity contribution >= 4 is 33.3 Å². The Morgan fingerprint density at radius 2 is 2.09 bits per heavy atom. The van der Waals surface area contributed by atoms with Gasteiger partial charge in [0.2, 0.25) is 5.75 Å². The van der Waals surface area contributed by atoms with Crippen molar-refractivity contribution in [2.75, 3.05) is 0 Å². The topological polar surface area (TPSA) is 121 Å². The summed E-state index contributed by atoms with van der Waals surface area (Å²) in [4.78, 5) is 14.5. The molecular weight excluding hydrogens is 547 g/mol. The van der Waals surface area contributed by atoms with E-state index in [1.54, 1.807) is 17.8 Å². The monoisotopic (exact) mass is 564 g/mol. The molecule has 0 saturated carbocycles. The number of aliphatic hydroxyl groups is 1. The highest BCUT2D eigenvalue weighted by atomic mass is 79.9. The number of ether oxygens (including phenoxy) is 1. The van der Waals surface area contributed by atoms with Gasteiger partial charge in [0, 0.05) is 36.0 Å². The number of nitro groups is 1. The van der Waals surface area contributed by atoms with Crippen molar-refractivity contribution < 1.29 is 19.2 Å². The third kappa shape index (κ3) is 5.19. The van der Waals surface area contributed by atoms with Crippen LogP contribution in [-0.4, -0.2) is 34.6 Å². The highest BCUT2D eigenvalue weighted by Gasteiger charge is 2.26. The number of pyridine rings is 1. The Balaban J connectivity index is 1.77. The van der Waals surface area contributed by atoms with Crippen LogP contribution in [-0.2, 0) is 6.54 Å². The van der Waals surface area contributed by atoms with E-state index >= 15 is 0 Å². The molecule has 0 bridgehead atoms. The Morgan fingerprint density at radius 1 is 1.31 bits per heavy atom. The quantitative estimate of drug-likeness (QED) is 0.231. The van der Waals surface area contributed by atoms with E-state index in [1.165, 1.54) is 47.4 Å². The molecule has 2 unspecified atom stereocenters. The van der Waals surface area contributed by atoms with Crippen LogP contribution in [0, 0.1) is 15.9 Å². The zero-order chi connectivity index (χ0) is 25.3. The second-order valence-corrected chi connectivity index (χ2v) is 8.83. The lowest BCUT2D eigenvalue weighted by atomic mass is 10.1. The smallest absolute Gasteiger partial charge is 0.406 e. The van der Waals surface area contributed by atoms with Crippen LogP contribution < -0.4 is 4.74 Å². The molecular formula is C22H19BrClFN6O4.